The number of carbonyl (C=O) groups is 1. The van der Waals surface area contributed by atoms with Gasteiger partial charge in [0.15, 0.2) is 0 Å². The first-order chi connectivity index (χ1) is 9.24. The minimum Gasteiger partial charge on any atom is -0.322 e. The quantitative estimate of drug-likeness (QED) is 0.843. The standard InChI is InChI=1S/C16H17NOS/c1-3-12-6-4-5-7-15(12)17-16(18)13-8-10-14(19-2)11-9-13/h4-11H,3H2,1-2H3,(H,17,18). The van der Waals surface area contributed by atoms with E-state index in [4.69, 9.17) is 0 Å². The molecule has 0 heterocycles. The molecule has 1 amide bonds. The number of nitrogens with one attached hydrogen (secondary N) is 1. The third-order valence-corrected chi connectivity index (χ3v) is 3.74. The molecule has 0 bridgehead atoms. The van der Waals surface area contributed by atoms with Crippen LogP contribution in [0.15, 0.2) is 53.4 Å². The van der Waals surface area contributed by atoms with E-state index in [1.54, 1.807) is 11.8 Å². The van der Waals surface area contributed by atoms with Crippen LogP contribution in [0.1, 0.15) is 22.8 Å². The SMILES string of the molecule is CCc1ccccc1NC(=O)c1ccc(SC)cc1. The molecule has 2 nitrogen and oxygen atoms in total. The zero-order valence-electron chi connectivity index (χ0n) is 11.1. The van der Waals surface area contributed by atoms with Crippen LogP contribution in [0.2, 0.25) is 0 Å². The average molecular weight is 271 g/mol. The summed E-state index contributed by atoms with van der Waals surface area (Å²) in [5.74, 6) is -0.0615. The number of hydrogen-bond donors (Lipinski definition) is 1. The Morgan fingerprint density at radius 2 is 1.79 bits per heavy atom. The van der Waals surface area contributed by atoms with Crippen molar-refractivity contribution in [1.82, 2.24) is 0 Å². The summed E-state index contributed by atoms with van der Waals surface area (Å²) in [4.78, 5) is 13.3. The highest BCUT2D eigenvalue weighted by Gasteiger charge is 2.07. The lowest BCUT2D eigenvalue weighted by atomic mass is 10.1. The largest absolute Gasteiger partial charge is 0.322 e. The summed E-state index contributed by atoms with van der Waals surface area (Å²) in [6.45, 7) is 2.08. The Balaban J connectivity index is 2.16. The van der Waals surface area contributed by atoms with Crippen LogP contribution >= 0.6 is 11.8 Å². The van der Waals surface area contributed by atoms with Gasteiger partial charge in [-0.15, -0.1) is 11.8 Å². The lowest BCUT2D eigenvalue weighted by molar-refractivity contribution is 0.102. The summed E-state index contributed by atoms with van der Waals surface area (Å²) in [6.07, 6.45) is 2.93. The van der Waals surface area contributed by atoms with Crippen LogP contribution in [-0.2, 0) is 6.42 Å². The van der Waals surface area contributed by atoms with Crippen molar-refractivity contribution in [2.45, 2.75) is 18.2 Å². The van der Waals surface area contributed by atoms with Gasteiger partial charge in [0, 0.05) is 16.1 Å². The molecule has 2 aromatic rings. The van der Waals surface area contributed by atoms with Gasteiger partial charge in [-0.25, -0.2) is 0 Å². The summed E-state index contributed by atoms with van der Waals surface area (Å²) in [6, 6.07) is 15.5. The smallest absolute Gasteiger partial charge is 0.255 e. The number of anilines is 1. The predicted octanol–water partition coefficient (Wildman–Crippen LogP) is 4.22. The van der Waals surface area contributed by atoms with E-state index in [0.29, 0.717) is 5.56 Å². The molecule has 0 spiro atoms. The van der Waals surface area contributed by atoms with Gasteiger partial charge in [-0.2, -0.15) is 0 Å². The van der Waals surface area contributed by atoms with Crippen LogP contribution in [0.25, 0.3) is 0 Å². The van der Waals surface area contributed by atoms with E-state index in [2.05, 4.69) is 12.2 Å². The van der Waals surface area contributed by atoms with Gasteiger partial charge in [0.2, 0.25) is 0 Å². The van der Waals surface area contributed by atoms with E-state index in [-0.39, 0.29) is 5.91 Å². The monoisotopic (exact) mass is 271 g/mol. The molecule has 0 aliphatic carbocycles. The van der Waals surface area contributed by atoms with Gasteiger partial charge in [-0.05, 0) is 48.6 Å². The molecular weight excluding hydrogens is 254 g/mol. The van der Waals surface area contributed by atoms with Crippen LogP contribution in [0.5, 0.6) is 0 Å². The summed E-state index contributed by atoms with van der Waals surface area (Å²) in [5, 5.41) is 2.97. The Bertz CT molecular complexity index is 563. The van der Waals surface area contributed by atoms with Crippen LogP contribution in [-0.4, -0.2) is 12.2 Å². The molecule has 1 N–H and O–H groups in total. The summed E-state index contributed by atoms with van der Waals surface area (Å²) in [7, 11) is 0. The van der Waals surface area contributed by atoms with Crippen LogP contribution < -0.4 is 5.32 Å². The van der Waals surface area contributed by atoms with Gasteiger partial charge < -0.3 is 5.32 Å². The zero-order chi connectivity index (χ0) is 13.7. The topological polar surface area (TPSA) is 29.1 Å². The molecule has 2 aromatic carbocycles. The number of hydrogen-bond acceptors (Lipinski definition) is 2. The van der Waals surface area contributed by atoms with Gasteiger partial charge in [-0.1, -0.05) is 25.1 Å². The van der Waals surface area contributed by atoms with Crippen molar-refractivity contribution in [1.29, 1.82) is 0 Å². The number of benzene rings is 2. The molecule has 0 aromatic heterocycles. The molecular formula is C16H17NOS. The molecule has 3 heteroatoms. The van der Waals surface area contributed by atoms with E-state index in [1.807, 2.05) is 54.8 Å². The van der Waals surface area contributed by atoms with Crippen molar-refractivity contribution in [2.75, 3.05) is 11.6 Å². The molecule has 0 unspecified atom stereocenters. The lowest BCUT2D eigenvalue weighted by Crippen LogP contribution is -2.13. The summed E-state index contributed by atoms with van der Waals surface area (Å²) >= 11 is 1.67. The Morgan fingerprint density at radius 3 is 2.42 bits per heavy atom. The molecule has 0 saturated carbocycles. The highest BCUT2D eigenvalue weighted by Crippen LogP contribution is 2.18. The maximum absolute atomic E-state index is 12.2. The second-order valence-corrected chi connectivity index (χ2v) is 5.07. The van der Waals surface area contributed by atoms with Gasteiger partial charge in [0.05, 0.1) is 0 Å². The Labute approximate surface area is 118 Å². The second kappa shape index (κ2) is 6.43. The van der Waals surface area contributed by atoms with Gasteiger partial charge >= 0.3 is 0 Å². The van der Waals surface area contributed by atoms with Crippen LogP contribution in [0.3, 0.4) is 0 Å². The van der Waals surface area contributed by atoms with E-state index in [0.717, 1.165) is 22.6 Å². The Hall–Kier alpha value is -1.74. The fraction of sp³-hybridized carbons (Fsp3) is 0.188. The fourth-order valence-electron chi connectivity index (χ4n) is 1.89. The highest BCUT2D eigenvalue weighted by molar-refractivity contribution is 7.98. The molecule has 19 heavy (non-hydrogen) atoms. The summed E-state index contributed by atoms with van der Waals surface area (Å²) < 4.78 is 0. The Kier molecular flexibility index (Phi) is 4.63. The molecule has 2 rings (SSSR count). The van der Waals surface area contributed by atoms with Gasteiger partial charge in [-0.3, -0.25) is 4.79 Å². The van der Waals surface area contributed by atoms with E-state index < -0.39 is 0 Å². The third kappa shape index (κ3) is 3.38. The normalized spacial score (nSPS) is 10.2. The maximum Gasteiger partial charge on any atom is 0.255 e. The molecule has 0 aliphatic rings. The maximum atomic E-state index is 12.2. The van der Waals surface area contributed by atoms with Crippen molar-refractivity contribution in [3.8, 4) is 0 Å². The Morgan fingerprint density at radius 1 is 1.11 bits per heavy atom. The van der Waals surface area contributed by atoms with Gasteiger partial charge in [0.1, 0.15) is 0 Å². The van der Waals surface area contributed by atoms with E-state index in [9.17, 15) is 4.79 Å². The highest BCUT2D eigenvalue weighted by atomic mass is 32.2. The number of rotatable bonds is 4. The number of aryl methyl sites for hydroxylation is 1. The van der Waals surface area contributed by atoms with Crippen LogP contribution in [0.4, 0.5) is 5.69 Å². The number of para-hydroxylation sites is 1. The number of amides is 1. The molecule has 0 aliphatic heterocycles. The zero-order valence-corrected chi connectivity index (χ0v) is 12.0. The minimum atomic E-state index is -0.0615. The van der Waals surface area contributed by atoms with Crippen LogP contribution in [0, 0.1) is 0 Å². The van der Waals surface area contributed by atoms with Crippen molar-refractivity contribution in [3.63, 3.8) is 0 Å². The van der Waals surface area contributed by atoms with Crippen molar-refractivity contribution >= 4 is 23.4 Å². The number of thioether (sulfide) groups is 1. The van der Waals surface area contributed by atoms with E-state index >= 15 is 0 Å². The van der Waals surface area contributed by atoms with Crippen molar-refractivity contribution in [2.24, 2.45) is 0 Å². The minimum absolute atomic E-state index is 0.0615. The lowest BCUT2D eigenvalue weighted by Gasteiger charge is -2.09. The molecule has 0 fully saturated rings. The van der Waals surface area contributed by atoms with Crippen molar-refractivity contribution < 1.29 is 4.79 Å². The molecule has 0 radical (unpaired) electrons. The number of carbonyl (C=O) groups excluding carboxylic acids is 1. The predicted molar refractivity (Wildman–Crippen MR) is 82.0 cm³/mol. The molecule has 98 valence electrons. The van der Waals surface area contributed by atoms with E-state index in [1.165, 1.54) is 0 Å². The first-order valence-corrected chi connectivity index (χ1v) is 7.50. The fourth-order valence-corrected chi connectivity index (χ4v) is 2.30. The first-order valence-electron chi connectivity index (χ1n) is 6.28. The third-order valence-electron chi connectivity index (χ3n) is 3.00. The van der Waals surface area contributed by atoms with Gasteiger partial charge in [0.25, 0.3) is 5.91 Å². The second-order valence-electron chi connectivity index (χ2n) is 4.19. The summed E-state index contributed by atoms with van der Waals surface area (Å²) in [5.41, 5.74) is 2.73. The molecule has 0 saturated heterocycles. The first kappa shape index (κ1) is 13.7. The average Bonchev–Trinajstić information content (AvgIpc) is 2.48. The van der Waals surface area contributed by atoms with Crippen molar-refractivity contribution in [3.05, 3.63) is 59.7 Å². The molecule has 0 atom stereocenters.